The minimum Gasteiger partial charge on any atom is -0.469 e. The van der Waals surface area contributed by atoms with Gasteiger partial charge in [0.15, 0.2) is 0 Å². The molecule has 1 fully saturated rings. The topological polar surface area (TPSA) is 93.7 Å². The van der Waals surface area contributed by atoms with Crippen molar-refractivity contribution in [3.05, 3.63) is 0 Å². The second kappa shape index (κ2) is 8.52. The number of piperidine rings is 1. The smallest absolute Gasteiger partial charge is 0.328 e. The van der Waals surface area contributed by atoms with E-state index in [1.54, 1.807) is 0 Å². The van der Waals surface area contributed by atoms with Gasteiger partial charge >= 0.3 is 11.9 Å². The fourth-order valence-corrected chi connectivity index (χ4v) is 2.13. The maximum atomic E-state index is 12.1. The zero-order valence-corrected chi connectivity index (χ0v) is 11.9. The normalized spacial score (nSPS) is 17.1. The number of rotatable bonds is 6. The Morgan fingerprint density at radius 2 is 1.85 bits per heavy atom. The first-order valence-corrected chi connectivity index (χ1v) is 6.74. The van der Waals surface area contributed by atoms with Crippen LogP contribution in [0.3, 0.4) is 0 Å². The zero-order chi connectivity index (χ0) is 15.0. The van der Waals surface area contributed by atoms with Gasteiger partial charge in [-0.1, -0.05) is 0 Å². The maximum Gasteiger partial charge on any atom is 0.328 e. The highest BCUT2D eigenvalue weighted by molar-refractivity contribution is 5.86. The van der Waals surface area contributed by atoms with E-state index in [1.165, 1.54) is 14.2 Å². The molecule has 0 aromatic rings. The van der Waals surface area contributed by atoms with E-state index >= 15 is 0 Å². The Hall–Kier alpha value is -1.63. The Labute approximate surface area is 118 Å². The van der Waals surface area contributed by atoms with Crippen molar-refractivity contribution in [1.29, 1.82) is 0 Å². The monoisotopic (exact) mass is 286 g/mol. The molecule has 114 valence electrons. The van der Waals surface area contributed by atoms with E-state index in [9.17, 15) is 14.4 Å². The SMILES string of the molecule is COC(=O)CC[C@H](NC(=O)C1CCNCC1)C(=O)OC. The maximum absolute atomic E-state index is 12.1. The van der Waals surface area contributed by atoms with Gasteiger partial charge in [0, 0.05) is 12.3 Å². The van der Waals surface area contributed by atoms with Gasteiger partial charge in [-0.05, 0) is 32.4 Å². The van der Waals surface area contributed by atoms with Gasteiger partial charge in [-0.3, -0.25) is 9.59 Å². The summed E-state index contributed by atoms with van der Waals surface area (Å²) in [6.07, 6.45) is 1.73. The van der Waals surface area contributed by atoms with E-state index in [0.29, 0.717) is 0 Å². The summed E-state index contributed by atoms with van der Waals surface area (Å²) in [5, 5.41) is 5.84. The Morgan fingerprint density at radius 3 is 2.40 bits per heavy atom. The fraction of sp³-hybridized carbons (Fsp3) is 0.769. The third-order valence-corrected chi connectivity index (χ3v) is 3.38. The lowest BCUT2D eigenvalue weighted by Crippen LogP contribution is -2.46. The standard InChI is InChI=1S/C13H22N2O5/c1-19-11(16)4-3-10(13(18)20-2)15-12(17)9-5-7-14-8-6-9/h9-10,14H,3-8H2,1-2H3,(H,15,17)/t10-/m0/s1. The summed E-state index contributed by atoms with van der Waals surface area (Å²) in [6.45, 7) is 1.59. The van der Waals surface area contributed by atoms with E-state index in [1.807, 2.05) is 0 Å². The van der Waals surface area contributed by atoms with Gasteiger partial charge in [0.05, 0.1) is 14.2 Å². The van der Waals surface area contributed by atoms with Crippen LogP contribution in [0.25, 0.3) is 0 Å². The fourth-order valence-electron chi connectivity index (χ4n) is 2.13. The van der Waals surface area contributed by atoms with Gasteiger partial charge in [-0.15, -0.1) is 0 Å². The van der Waals surface area contributed by atoms with Crippen LogP contribution in [0, 0.1) is 5.92 Å². The molecule has 0 spiro atoms. The molecule has 0 radical (unpaired) electrons. The average Bonchev–Trinajstić information content (AvgIpc) is 2.50. The molecule has 0 unspecified atom stereocenters. The Kier molecular flexibility index (Phi) is 7.00. The number of esters is 2. The van der Waals surface area contributed by atoms with E-state index in [0.717, 1.165) is 25.9 Å². The van der Waals surface area contributed by atoms with Crippen LogP contribution < -0.4 is 10.6 Å². The Balaban J connectivity index is 2.52. The van der Waals surface area contributed by atoms with Crippen molar-refractivity contribution in [1.82, 2.24) is 10.6 Å². The molecule has 7 heteroatoms. The highest BCUT2D eigenvalue weighted by atomic mass is 16.5. The molecular weight excluding hydrogens is 264 g/mol. The first-order valence-electron chi connectivity index (χ1n) is 6.74. The Morgan fingerprint density at radius 1 is 1.20 bits per heavy atom. The van der Waals surface area contributed by atoms with Gasteiger partial charge in [0.1, 0.15) is 6.04 Å². The molecule has 1 aliphatic heterocycles. The number of carbonyl (C=O) groups excluding carboxylic acids is 3. The summed E-state index contributed by atoms with van der Waals surface area (Å²) in [5.74, 6) is -1.22. The molecule has 0 bridgehead atoms. The predicted octanol–water partition coefficient (Wildman–Crippen LogP) is -0.403. The third kappa shape index (κ3) is 5.16. The molecule has 1 heterocycles. The second-order valence-corrected chi connectivity index (χ2v) is 4.72. The molecule has 1 amide bonds. The average molecular weight is 286 g/mol. The summed E-state index contributed by atoms with van der Waals surface area (Å²) in [4.78, 5) is 34.8. The molecule has 0 aromatic carbocycles. The van der Waals surface area contributed by atoms with Crippen LogP contribution in [0.4, 0.5) is 0 Å². The minimum atomic E-state index is -0.804. The van der Waals surface area contributed by atoms with Crippen molar-refractivity contribution in [3.8, 4) is 0 Å². The minimum absolute atomic E-state index is 0.0583. The third-order valence-electron chi connectivity index (χ3n) is 3.38. The van der Waals surface area contributed by atoms with Crippen LogP contribution in [-0.2, 0) is 23.9 Å². The Bertz CT molecular complexity index is 353. The molecule has 0 saturated carbocycles. The lowest BCUT2D eigenvalue weighted by Gasteiger charge is -2.24. The molecule has 1 atom stereocenters. The quantitative estimate of drug-likeness (QED) is 0.645. The molecule has 1 aliphatic rings. The van der Waals surface area contributed by atoms with Gasteiger partial charge in [-0.25, -0.2) is 4.79 Å². The van der Waals surface area contributed by atoms with Gasteiger partial charge in [0.2, 0.25) is 5.91 Å². The molecule has 1 saturated heterocycles. The first-order chi connectivity index (χ1) is 9.58. The summed E-state index contributed by atoms with van der Waals surface area (Å²) in [5.41, 5.74) is 0. The highest BCUT2D eigenvalue weighted by Gasteiger charge is 2.27. The van der Waals surface area contributed by atoms with Crippen molar-refractivity contribution in [2.45, 2.75) is 31.7 Å². The number of hydrogen-bond donors (Lipinski definition) is 2. The largest absolute Gasteiger partial charge is 0.469 e. The second-order valence-electron chi connectivity index (χ2n) is 4.72. The number of amides is 1. The van der Waals surface area contributed by atoms with Gasteiger partial charge in [0.25, 0.3) is 0 Å². The lowest BCUT2D eigenvalue weighted by atomic mass is 9.96. The van der Waals surface area contributed by atoms with Crippen molar-refractivity contribution in [2.24, 2.45) is 5.92 Å². The van der Waals surface area contributed by atoms with Gasteiger partial charge in [-0.2, -0.15) is 0 Å². The van der Waals surface area contributed by atoms with E-state index < -0.39 is 18.0 Å². The van der Waals surface area contributed by atoms with Crippen molar-refractivity contribution >= 4 is 17.8 Å². The summed E-state index contributed by atoms with van der Waals surface area (Å²) in [6, 6.07) is -0.804. The molecule has 0 aromatic heterocycles. The molecule has 7 nitrogen and oxygen atoms in total. The number of hydrogen-bond acceptors (Lipinski definition) is 6. The summed E-state index contributed by atoms with van der Waals surface area (Å²) < 4.78 is 9.17. The number of carbonyl (C=O) groups is 3. The van der Waals surface area contributed by atoms with Crippen LogP contribution >= 0.6 is 0 Å². The van der Waals surface area contributed by atoms with Crippen molar-refractivity contribution in [2.75, 3.05) is 27.3 Å². The molecule has 0 aliphatic carbocycles. The lowest BCUT2D eigenvalue weighted by molar-refractivity contribution is -0.147. The first kappa shape index (κ1) is 16.4. The van der Waals surface area contributed by atoms with Crippen LogP contribution in [0.1, 0.15) is 25.7 Å². The van der Waals surface area contributed by atoms with Crippen LogP contribution in [-0.4, -0.2) is 51.2 Å². The highest BCUT2D eigenvalue weighted by Crippen LogP contribution is 2.12. The number of nitrogens with one attached hydrogen (secondary N) is 2. The zero-order valence-electron chi connectivity index (χ0n) is 11.9. The van der Waals surface area contributed by atoms with E-state index in [2.05, 4.69) is 20.1 Å². The van der Waals surface area contributed by atoms with Crippen LogP contribution in [0.15, 0.2) is 0 Å². The summed E-state index contributed by atoms with van der Waals surface area (Å²) >= 11 is 0. The predicted molar refractivity (Wildman–Crippen MR) is 70.8 cm³/mol. The van der Waals surface area contributed by atoms with Crippen LogP contribution in [0.2, 0.25) is 0 Å². The van der Waals surface area contributed by atoms with E-state index in [4.69, 9.17) is 0 Å². The number of methoxy groups -OCH3 is 2. The van der Waals surface area contributed by atoms with Gasteiger partial charge < -0.3 is 20.1 Å². The number of ether oxygens (including phenoxy) is 2. The summed E-state index contributed by atoms with van der Waals surface area (Å²) in [7, 11) is 2.53. The van der Waals surface area contributed by atoms with E-state index in [-0.39, 0.29) is 24.7 Å². The molecule has 1 rings (SSSR count). The molecular formula is C13H22N2O5. The van der Waals surface area contributed by atoms with Crippen molar-refractivity contribution in [3.63, 3.8) is 0 Å². The van der Waals surface area contributed by atoms with Crippen LogP contribution in [0.5, 0.6) is 0 Å². The molecule has 2 N–H and O–H groups in total. The van der Waals surface area contributed by atoms with Crippen molar-refractivity contribution < 1.29 is 23.9 Å². The molecule has 20 heavy (non-hydrogen) atoms.